The van der Waals surface area contributed by atoms with Crippen LogP contribution < -0.4 is 5.32 Å². The van der Waals surface area contributed by atoms with Gasteiger partial charge in [0.15, 0.2) is 0 Å². The number of amides is 1. The van der Waals surface area contributed by atoms with Crippen molar-refractivity contribution in [1.29, 1.82) is 0 Å². The first kappa shape index (κ1) is 17.4. The van der Waals surface area contributed by atoms with Gasteiger partial charge in [0, 0.05) is 12.5 Å². The molecule has 3 rings (SSSR count). The van der Waals surface area contributed by atoms with E-state index in [-0.39, 0.29) is 11.6 Å². The van der Waals surface area contributed by atoms with Crippen molar-refractivity contribution in [2.45, 2.75) is 96.2 Å². The highest BCUT2D eigenvalue weighted by molar-refractivity contribution is 6.02. The summed E-state index contributed by atoms with van der Waals surface area (Å²) in [6.45, 7) is 6.55. The molecule has 0 aromatic heterocycles. The molecule has 1 aliphatic heterocycles. The topological polar surface area (TPSA) is 57.1 Å². The molecule has 3 aliphatic rings. The van der Waals surface area contributed by atoms with E-state index in [9.17, 15) is 4.79 Å². The molecule has 2 aliphatic carbocycles. The number of nitrogens with one attached hydrogen (secondary N) is 1. The molecule has 1 heterocycles. The molecule has 0 bridgehead atoms. The van der Waals surface area contributed by atoms with Gasteiger partial charge < -0.3 is 5.32 Å². The van der Waals surface area contributed by atoms with Crippen LogP contribution in [0.2, 0.25) is 0 Å². The van der Waals surface area contributed by atoms with E-state index in [1.807, 2.05) is 4.90 Å². The van der Waals surface area contributed by atoms with Crippen molar-refractivity contribution in [1.82, 2.24) is 10.2 Å². The third-order valence-electron chi connectivity index (χ3n) is 6.15. The van der Waals surface area contributed by atoms with Gasteiger partial charge in [0.05, 0.1) is 11.6 Å². The maximum Gasteiger partial charge on any atom is 0.220 e. The average Bonchev–Trinajstić information content (AvgIpc) is 2.50. The van der Waals surface area contributed by atoms with Crippen LogP contribution in [0.4, 0.5) is 0 Å². The molecule has 0 radical (unpaired) electrons. The fourth-order valence-electron chi connectivity index (χ4n) is 4.42. The standard InChI is InChI=1S/C19H32N4O/c1-14(2)19(10-7-11-19)23(13-24)17-12-15(3)20-18(22-17)21-16-8-5-4-6-9-16/h13-16H,4-12H2,1-3H3,(H,20,21). The molecule has 24 heavy (non-hydrogen) atoms. The van der Waals surface area contributed by atoms with Gasteiger partial charge in [-0.3, -0.25) is 9.69 Å². The number of hydrogen-bond donors (Lipinski definition) is 1. The lowest BCUT2D eigenvalue weighted by atomic mass is 9.68. The summed E-state index contributed by atoms with van der Waals surface area (Å²) in [5.74, 6) is 2.09. The molecule has 1 N–H and O–H groups in total. The van der Waals surface area contributed by atoms with Crippen LogP contribution in [0.15, 0.2) is 9.98 Å². The second-order valence-electron chi connectivity index (χ2n) is 8.10. The van der Waals surface area contributed by atoms with Gasteiger partial charge in [-0.2, -0.15) is 4.99 Å². The van der Waals surface area contributed by atoms with Gasteiger partial charge in [0.1, 0.15) is 5.84 Å². The SMILES string of the molecule is CC1CC(N(C=O)C2(C(C)C)CCC2)=NC(NC2CCCCC2)=N1. The first-order valence-corrected chi connectivity index (χ1v) is 9.71. The zero-order valence-electron chi connectivity index (χ0n) is 15.4. The van der Waals surface area contributed by atoms with Crippen LogP contribution in [-0.4, -0.2) is 40.7 Å². The maximum atomic E-state index is 11.9. The minimum Gasteiger partial charge on any atom is -0.352 e. The molecule has 5 nitrogen and oxygen atoms in total. The predicted molar refractivity (Wildman–Crippen MR) is 98.3 cm³/mol. The predicted octanol–water partition coefficient (Wildman–Crippen LogP) is 3.49. The summed E-state index contributed by atoms with van der Waals surface area (Å²) in [6.07, 6.45) is 11.4. The van der Waals surface area contributed by atoms with Gasteiger partial charge in [-0.1, -0.05) is 33.1 Å². The van der Waals surface area contributed by atoms with Crippen molar-refractivity contribution >= 4 is 18.2 Å². The summed E-state index contributed by atoms with van der Waals surface area (Å²) < 4.78 is 0. The molecule has 0 saturated heterocycles. The average molecular weight is 332 g/mol. The summed E-state index contributed by atoms with van der Waals surface area (Å²) in [6, 6.07) is 0.663. The molecular weight excluding hydrogens is 300 g/mol. The first-order valence-electron chi connectivity index (χ1n) is 9.71. The lowest BCUT2D eigenvalue weighted by Gasteiger charge is -2.52. The fourth-order valence-corrected chi connectivity index (χ4v) is 4.42. The Hall–Kier alpha value is -1.39. The van der Waals surface area contributed by atoms with E-state index in [0.717, 1.165) is 37.5 Å². The number of carbonyl (C=O) groups is 1. The summed E-state index contributed by atoms with van der Waals surface area (Å²) in [7, 11) is 0. The van der Waals surface area contributed by atoms with Crippen molar-refractivity contribution in [3.63, 3.8) is 0 Å². The number of carbonyl (C=O) groups excluding carboxylic acids is 1. The van der Waals surface area contributed by atoms with Crippen LogP contribution >= 0.6 is 0 Å². The Labute approximate surface area is 146 Å². The number of rotatable bonds is 4. The van der Waals surface area contributed by atoms with Crippen LogP contribution in [0.3, 0.4) is 0 Å². The number of aliphatic imine (C=N–C) groups is 2. The smallest absolute Gasteiger partial charge is 0.220 e. The molecule has 1 amide bonds. The monoisotopic (exact) mass is 332 g/mol. The second kappa shape index (κ2) is 7.24. The van der Waals surface area contributed by atoms with Crippen LogP contribution in [0.5, 0.6) is 0 Å². The zero-order chi connectivity index (χ0) is 17.2. The van der Waals surface area contributed by atoms with E-state index in [1.165, 1.54) is 38.5 Å². The van der Waals surface area contributed by atoms with E-state index >= 15 is 0 Å². The van der Waals surface area contributed by atoms with Crippen LogP contribution in [-0.2, 0) is 4.79 Å². The molecule has 1 unspecified atom stereocenters. The minimum atomic E-state index is -0.0341. The summed E-state index contributed by atoms with van der Waals surface area (Å²) in [5, 5.41) is 3.53. The number of nitrogens with zero attached hydrogens (tertiary/aromatic N) is 3. The highest BCUT2D eigenvalue weighted by Gasteiger charge is 2.47. The third-order valence-corrected chi connectivity index (χ3v) is 6.15. The van der Waals surface area contributed by atoms with Gasteiger partial charge in [-0.15, -0.1) is 0 Å². The van der Waals surface area contributed by atoms with Crippen LogP contribution in [0.25, 0.3) is 0 Å². The van der Waals surface area contributed by atoms with Gasteiger partial charge in [-0.25, -0.2) is 4.99 Å². The van der Waals surface area contributed by atoms with Gasteiger partial charge in [0.25, 0.3) is 0 Å². The highest BCUT2D eigenvalue weighted by atomic mass is 16.1. The Morgan fingerprint density at radius 2 is 1.92 bits per heavy atom. The van der Waals surface area contributed by atoms with Crippen LogP contribution in [0.1, 0.15) is 78.6 Å². The molecule has 2 saturated carbocycles. The Balaban J connectivity index is 1.78. The summed E-state index contributed by atoms with van der Waals surface area (Å²) in [5.41, 5.74) is -0.0341. The highest BCUT2D eigenvalue weighted by Crippen LogP contribution is 2.43. The Morgan fingerprint density at radius 1 is 1.21 bits per heavy atom. The van der Waals surface area contributed by atoms with Crippen molar-refractivity contribution in [3.05, 3.63) is 0 Å². The number of hydrogen-bond acceptors (Lipinski definition) is 4. The molecular formula is C19H32N4O. The van der Waals surface area contributed by atoms with Crippen molar-refractivity contribution in [2.24, 2.45) is 15.9 Å². The van der Waals surface area contributed by atoms with Gasteiger partial charge >= 0.3 is 0 Å². The van der Waals surface area contributed by atoms with Crippen molar-refractivity contribution in [3.8, 4) is 0 Å². The van der Waals surface area contributed by atoms with Crippen molar-refractivity contribution in [2.75, 3.05) is 0 Å². The van der Waals surface area contributed by atoms with E-state index in [2.05, 4.69) is 31.1 Å². The quantitative estimate of drug-likeness (QED) is 0.801. The number of amidine groups is 1. The zero-order valence-corrected chi connectivity index (χ0v) is 15.4. The van der Waals surface area contributed by atoms with E-state index in [0.29, 0.717) is 12.0 Å². The van der Waals surface area contributed by atoms with E-state index in [4.69, 9.17) is 4.99 Å². The molecule has 1 atom stereocenters. The fraction of sp³-hybridized carbons (Fsp3) is 0.842. The number of guanidine groups is 1. The summed E-state index contributed by atoms with van der Waals surface area (Å²) in [4.78, 5) is 23.3. The van der Waals surface area contributed by atoms with E-state index < -0.39 is 0 Å². The third kappa shape index (κ3) is 3.35. The molecule has 2 fully saturated rings. The molecule has 5 heteroatoms. The Morgan fingerprint density at radius 3 is 2.46 bits per heavy atom. The summed E-state index contributed by atoms with van der Waals surface area (Å²) >= 11 is 0. The molecule has 0 aromatic rings. The van der Waals surface area contributed by atoms with Gasteiger partial charge in [-0.05, 0) is 44.9 Å². The molecule has 0 spiro atoms. The van der Waals surface area contributed by atoms with E-state index in [1.54, 1.807) is 0 Å². The second-order valence-corrected chi connectivity index (χ2v) is 8.10. The molecule has 0 aromatic carbocycles. The minimum absolute atomic E-state index is 0.0341. The normalized spacial score (nSPS) is 27.1. The van der Waals surface area contributed by atoms with Crippen LogP contribution in [0, 0.1) is 5.92 Å². The Kier molecular flexibility index (Phi) is 5.26. The molecule has 134 valence electrons. The van der Waals surface area contributed by atoms with Gasteiger partial charge in [0.2, 0.25) is 12.4 Å². The Bertz CT molecular complexity index is 515. The lowest BCUT2D eigenvalue weighted by molar-refractivity contribution is -0.123. The lowest BCUT2D eigenvalue weighted by Crippen LogP contribution is -2.59. The van der Waals surface area contributed by atoms with Crippen molar-refractivity contribution < 1.29 is 4.79 Å². The largest absolute Gasteiger partial charge is 0.352 e. The first-order chi connectivity index (χ1) is 11.5. The maximum absolute atomic E-state index is 11.9.